The second kappa shape index (κ2) is 8.89. The molecule has 0 aliphatic heterocycles. The van der Waals surface area contributed by atoms with Gasteiger partial charge in [0.1, 0.15) is 0 Å². The molecule has 0 heterocycles. The minimum Gasteiger partial charge on any atom is -0.313 e. The molecular formula is C11H25NS. The van der Waals surface area contributed by atoms with E-state index in [1.54, 1.807) is 0 Å². The molecule has 0 aromatic rings. The van der Waals surface area contributed by atoms with E-state index in [9.17, 15) is 0 Å². The summed E-state index contributed by atoms with van der Waals surface area (Å²) in [6.07, 6.45) is 3.92. The van der Waals surface area contributed by atoms with Crippen molar-refractivity contribution in [3.05, 3.63) is 0 Å². The maximum atomic E-state index is 3.54. The fourth-order valence-electron chi connectivity index (χ4n) is 1.43. The summed E-state index contributed by atoms with van der Waals surface area (Å²) in [6, 6.07) is 0.701. The van der Waals surface area contributed by atoms with E-state index in [0.29, 0.717) is 6.04 Å². The van der Waals surface area contributed by atoms with Gasteiger partial charge in [-0.15, -0.1) is 0 Å². The molecule has 2 atom stereocenters. The number of unbranched alkanes of at least 4 members (excludes halogenated alkanes) is 1. The molecule has 0 aromatic carbocycles. The van der Waals surface area contributed by atoms with Crippen molar-refractivity contribution in [1.82, 2.24) is 5.32 Å². The van der Waals surface area contributed by atoms with Gasteiger partial charge in [-0.3, -0.25) is 0 Å². The molecule has 0 bridgehead atoms. The topological polar surface area (TPSA) is 12.0 Å². The molecule has 2 heteroatoms. The van der Waals surface area contributed by atoms with Crippen LogP contribution in [-0.4, -0.2) is 23.6 Å². The first-order valence-electron chi connectivity index (χ1n) is 5.61. The van der Waals surface area contributed by atoms with Gasteiger partial charge in [0.15, 0.2) is 0 Å². The average Bonchev–Trinajstić information content (AvgIpc) is 2.14. The minimum absolute atomic E-state index is 0.701. The summed E-state index contributed by atoms with van der Waals surface area (Å²) in [5.41, 5.74) is 0. The number of nitrogens with one attached hydrogen (secondary N) is 1. The van der Waals surface area contributed by atoms with E-state index in [0.717, 1.165) is 11.8 Å². The van der Waals surface area contributed by atoms with Crippen LogP contribution in [0.4, 0.5) is 0 Å². The molecular weight excluding hydrogens is 178 g/mol. The third-order valence-corrected chi connectivity index (χ3v) is 3.73. The third kappa shape index (κ3) is 6.39. The Labute approximate surface area is 88.1 Å². The van der Waals surface area contributed by atoms with Crippen molar-refractivity contribution in [2.45, 2.75) is 58.2 Å². The van der Waals surface area contributed by atoms with Gasteiger partial charge in [0.2, 0.25) is 0 Å². The van der Waals surface area contributed by atoms with Crippen LogP contribution in [0.15, 0.2) is 0 Å². The lowest BCUT2D eigenvalue weighted by molar-refractivity contribution is 0.509. The summed E-state index contributed by atoms with van der Waals surface area (Å²) >= 11 is 2.11. The second-order valence-corrected chi connectivity index (χ2v) is 4.99. The zero-order valence-corrected chi connectivity index (χ0v) is 10.4. The van der Waals surface area contributed by atoms with Gasteiger partial charge in [-0.1, -0.05) is 34.1 Å². The Hall–Kier alpha value is 0.310. The highest BCUT2D eigenvalue weighted by molar-refractivity contribution is 7.99. The lowest BCUT2D eigenvalue weighted by Crippen LogP contribution is -2.36. The standard InChI is InChI=1S/C11H25NS/c1-5-8-9-13-10(4)11(6-2)12-7-3/h10-12H,5-9H2,1-4H3. The molecule has 0 rings (SSSR count). The molecule has 0 radical (unpaired) electrons. The lowest BCUT2D eigenvalue weighted by atomic mass is 10.2. The average molecular weight is 203 g/mol. The first-order valence-corrected chi connectivity index (χ1v) is 6.66. The summed E-state index contributed by atoms with van der Waals surface area (Å²) in [4.78, 5) is 0. The highest BCUT2D eigenvalue weighted by Gasteiger charge is 2.13. The van der Waals surface area contributed by atoms with Crippen molar-refractivity contribution in [2.75, 3.05) is 12.3 Å². The Morgan fingerprint density at radius 3 is 2.38 bits per heavy atom. The van der Waals surface area contributed by atoms with Crippen LogP contribution in [0.5, 0.6) is 0 Å². The highest BCUT2D eigenvalue weighted by atomic mass is 32.2. The van der Waals surface area contributed by atoms with Gasteiger partial charge in [0, 0.05) is 11.3 Å². The van der Waals surface area contributed by atoms with Gasteiger partial charge in [-0.2, -0.15) is 11.8 Å². The Morgan fingerprint density at radius 2 is 1.92 bits per heavy atom. The van der Waals surface area contributed by atoms with Gasteiger partial charge in [-0.25, -0.2) is 0 Å². The largest absolute Gasteiger partial charge is 0.313 e. The quantitative estimate of drug-likeness (QED) is 0.608. The van der Waals surface area contributed by atoms with Crippen LogP contribution in [0, 0.1) is 0 Å². The number of hydrogen-bond acceptors (Lipinski definition) is 2. The summed E-state index contributed by atoms with van der Waals surface area (Å²) in [5.74, 6) is 1.32. The Bertz CT molecular complexity index is 106. The maximum absolute atomic E-state index is 3.54. The summed E-state index contributed by atoms with van der Waals surface area (Å²) in [7, 11) is 0. The highest BCUT2D eigenvalue weighted by Crippen LogP contribution is 2.17. The number of hydrogen-bond donors (Lipinski definition) is 1. The van der Waals surface area contributed by atoms with E-state index in [2.05, 4.69) is 44.8 Å². The molecule has 0 aromatic heterocycles. The fourth-order valence-corrected chi connectivity index (χ4v) is 2.78. The van der Waals surface area contributed by atoms with E-state index in [1.165, 1.54) is 25.0 Å². The molecule has 0 fully saturated rings. The number of thioether (sulfide) groups is 1. The molecule has 0 amide bonds. The van der Waals surface area contributed by atoms with Gasteiger partial charge in [-0.05, 0) is 25.1 Å². The summed E-state index contributed by atoms with van der Waals surface area (Å²) < 4.78 is 0. The van der Waals surface area contributed by atoms with E-state index < -0.39 is 0 Å². The van der Waals surface area contributed by atoms with Crippen molar-refractivity contribution in [2.24, 2.45) is 0 Å². The van der Waals surface area contributed by atoms with E-state index >= 15 is 0 Å². The lowest BCUT2D eigenvalue weighted by Gasteiger charge is -2.22. The van der Waals surface area contributed by atoms with Gasteiger partial charge in [0.25, 0.3) is 0 Å². The molecule has 80 valence electrons. The van der Waals surface area contributed by atoms with Gasteiger partial charge >= 0.3 is 0 Å². The monoisotopic (exact) mass is 203 g/mol. The first-order chi connectivity index (χ1) is 6.26. The molecule has 0 saturated heterocycles. The van der Waals surface area contributed by atoms with Gasteiger partial charge < -0.3 is 5.32 Å². The predicted octanol–water partition coefficient (Wildman–Crippen LogP) is 3.30. The summed E-state index contributed by atoms with van der Waals surface area (Å²) in [5, 5.41) is 4.30. The molecule has 0 saturated carbocycles. The first kappa shape index (κ1) is 13.3. The molecule has 2 unspecified atom stereocenters. The molecule has 0 spiro atoms. The molecule has 13 heavy (non-hydrogen) atoms. The minimum atomic E-state index is 0.701. The van der Waals surface area contributed by atoms with Gasteiger partial charge in [0.05, 0.1) is 0 Å². The van der Waals surface area contributed by atoms with E-state index in [4.69, 9.17) is 0 Å². The fraction of sp³-hybridized carbons (Fsp3) is 1.00. The summed E-state index contributed by atoms with van der Waals surface area (Å²) in [6.45, 7) is 10.2. The van der Waals surface area contributed by atoms with Crippen LogP contribution in [0.25, 0.3) is 0 Å². The van der Waals surface area contributed by atoms with Crippen molar-refractivity contribution in [3.63, 3.8) is 0 Å². The normalized spacial score (nSPS) is 15.7. The maximum Gasteiger partial charge on any atom is 0.0181 e. The van der Waals surface area contributed by atoms with Crippen LogP contribution in [0.3, 0.4) is 0 Å². The Morgan fingerprint density at radius 1 is 1.23 bits per heavy atom. The SMILES string of the molecule is CCCCSC(C)C(CC)NCC. The molecule has 1 N–H and O–H groups in total. The van der Waals surface area contributed by atoms with Crippen molar-refractivity contribution in [1.29, 1.82) is 0 Å². The van der Waals surface area contributed by atoms with Crippen molar-refractivity contribution >= 4 is 11.8 Å². The van der Waals surface area contributed by atoms with Crippen LogP contribution in [-0.2, 0) is 0 Å². The zero-order chi connectivity index (χ0) is 10.1. The smallest absolute Gasteiger partial charge is 0.0181 e. The van der Waals surface area contributed by atoms with E-state index in [1.807, 2.05) is 0 Å². The second-order valence-electron chi connectivity index (χ2n) is 3.50. The molecule has 1 nitrogen and oxygen atoms in total. The van der Waals surface area contributed by atoms with Crippen LogP contribution in [0.2, 0.25) is 0 Å². The zero-order valence-electron chi connectivity index (χ0n) is 9.60. The van der Waals surface area contributed by atoms with Crippen LogP contribution < -0.4 is 5.32 Å². The van der Waals surface area contributed by atoms with E-state index in [-0.39, 0.29) is 0 Å². The predicted molar refractivity (Wildman–Crippen MR) is 64.6 cm³/mol. The van der Waals surface area contributed by atoms with Crippen LogP contribution >= 0.6 is 11.8 Å². The molecule has 0 aliphatic rings. The van der Waals surface area contributed by atoms with Crippen molar-refractivity contribution < 1.29 is 0 Å². The Kier molecular flexibility index (Phi) is 9.10. The number of rotatable bonds is 8. The van der Waals surface area contributed by atoms with Crippen molar-refractivity contribution in [3.8, 4) is 0 Å². The van der Waals surface area contributed by atoms with Crippen LogP contribution in [0.1, 0.15) is 47.0 Å². The Balaban J connectivity index is 3.57. The molecule has 0 aliphatic carbocycles. The third-order valence-electron chi connectivity index (χ3n) is 2.35.